The Kier molecular flexibility index (Phi) is 3.69. The lowest BCUT2D eigenvalue weighted by Gasteiger charge is -2.08. The van der Waals surface area contributed by atoms with Gasteiger partial charge < -0.3 is 5.32 Å². The van der Waals surface area contributed by atoms with E-state index in [1.54, 1.807) is 0 Å². The van der Waals surface area contributed by atoms with E-state index in [9.17, 15) is 4.79 Å². The molecule has 0 heterocycles. The fraction of sp³-hybridized carbons (Fsp3) is 0.105. The van der Waals surface area contributed by atoms with Crippen molar-refractivity contribution >= 4 is 33.5 Å². The van der Waals surface area contributed by atoms with Gasteiger partial charge in [0.15, 0.2) is 0 Å². The molecule has 0 aliphatic carbocycles. The summed E-state index contributed by atoms with van der Waals surface area (Å²) in [6.07, 6.45) is 4.09. The van der Waals surface area contributed by atoms with Crippen molar-refractivity contribution < 1.29 is 4.79 Å². The first-order valence-electron chi connectivity index (χ1n) is 7.07. The van der Waals surface area contributed by atoms with Crippen molar-refractivity contribution in [1.29, 1.82) is 0 Å². The fourth-order valence-corrected chi connectivity index (χ4v) is 2.61. The molecule has 0 saturated carbocycles. The average Bonchev–Trinajstić information content (AvgIpc) is 2.50. The lowest BCUT2D eigenvalue weighted by atomic mass is 9.96. The molecule has 21 heavy (non-hydrogen) atoms. The van der Waals surface area contributed by atoms with E-state index < -0.39 is 0 Å². The van der Waals surface area contributed by atoms with Gasteiger partial charge in [-0.2, -0.15) is 0 Å². The maximum Gasteiger partial charge on any atom is 0.217 e. The molecule has 0 spiro atoms. The van der Waals surface area contributed by atoms with E-state index >= 15 is 0 Å². The zero-order valence-corrected chi connectivity index (χ0v) is 12.0. The van der Waals surface area contributed by atoms with Crippen molar-refractivity contribution in [2.45, 2.75) is 6.92 Å². The first-order valence-corrected chi connectivity index (χ1v) is 7.07. The first kappa shape index (κ1) is 13.4. The monoisotopic (exact) mass is 275 g/mol. The van der Waals surface area contributed by atoms with E-state index in [1.807, 2.05) is 6.08 Å². The molecule has 3 aromatic carbocycles. The van der Waals surface area contributed by atoms with Crippen LogP contribution in [0.1, 0.15) is 12.5 Å². The summed E-state index contributed by atoms with van der Waals surface area (Å²) in [5.41, 5.74) is 1.20. The highest BCUT2D eigenvalue weighted by Crippen LogP contribution is 2.29. The molecule has 0 fully saturated rings. The summed E-state index contributed by atoms with van der Waals surface area (Å²) in [5.74, 6) is -0.0116. The van der Waals surface area contributed by atoms with Gasteiger partial charge >= 0.3 is 0 Å². The van der Waals surface area contributed by atoms with Crippen LogP contribution in [0.5, 0.6) is 0 Å². The van der Waals surface area contributed by atoms with Crippen molar-refractivity contribution in [2.24, 2.45) is 0 Å². The predicted molar refractivity (Wildman–Crippen MR) is 89.2 cm³/mol. The summed E-state index contributed by atoms with van der Waals surface area (Å²) in [6, 6.07) is 19.0. The van der Waals surface area contributed by atoms with Crippen LogP contribution in [-0.2, 0) is 4.79 Å². The van der Waals surface area contributed by atoms with Gasteiger partial charge in [-0.3, -0.25) is 4.79 Å². The fourth-order valence-electron chi connectivity index (χ4n) is 2.61. The molecular formula is C19H17NO. The molecule has 0 unspecified atom stereocenters. The Balaban J connectivity index is 2.13. The first-order chi connectivity index (χ1) is 10.3. The normalized spacial score (nSPS) is 11.3. The molecule has 1 amide bonds. The Morgan fingerprint density at radius 2 is 1.57 bits per heavy atom. The number of fused-ring (bicyclic) bond motifs is 2. The smallest absolute Gasteiger partial charge is 0.217 e. The highest BCUT2D eigenvalue weighted by Gasteiger charge is 2.04. The minimum atomic E-state index is -0.0116. The van der Waals surface area contributed by atoms with Gasteiger partial charge in [-0.15, -0.1) is 0 Å². The molecule has 0 saturated heterocycles. The van der Waals surface area contributed by atoms with Crippen LogP contribution < -0.4 is 5.32 Å². The highest BCUT2D eigenvalue weighted by atomic mass is 16.1. The lowest BCUT2D eigenvalue weighted by Crippen LogP contribution is -2.19. The van der Waals surface area contributed by atoms with Crippen LogP contribution in [-0.4, -0.2) is 12.5 Å². The Hall–Kier alpha value is -2.61. The average molecular weight is 275 g/mol. The van der Waals surface area contributed by atoms with E-state index in [1.165, 1.54) is 34.0 Å². The van der Waals surface area contributed by atoms with Gasteiger partial charge in [-0.1, -0.05) is 60.7 Å². The molecule has 2 nitrogen and oxygen atoms in total. The molecule has 104 valence electrons. The molecule has 0 aliphatic rings. The van der Waals surface area contributed by atoms with E-state index in [2.05, 4.69) is 66.0 Å². The third kappa shape index (κ3) is 2.79. The number of carbonyl (C=O) groups excluding carboxylic acids is 1. The van der Waals surface area contributed by atoms with Gasteiger partial charge in [0, 0.05) is 13.5 Å². The molecule has 2 heteroatoms. The number of rotatable bonds is 3. The van der Waals surface area contributed by atoms with E-state index in [0.29, 0.717) is 6.54 Å². The van der Waals surface area contributed by atoms with Gasteiger partial charge in [0.1, 0.15) is 0 Å². The Bertz CT molecular complexity index is 779. The van der Waals surface area contributed by atoms with E-state index in [4.69, 9.17) is 0 Å². The summed E-state index contributed by atoms with van der Waals surface area (Å²) in [5, 5.41) is 7.71. The Morgan fingerprint density at radius 3 is 2.14 bits per heavy atom. The third-order valence-corrected chi connectivity index (χ3v) is 3.57. The zero-order chi connectivity index (χ0) is 14.7. The minimum Gasteiger partial charge on any atom is -0.353 e. The highest BCUT2D eigenvalue weighted by molar-refractivity contribution is 6.06. The van der Waals surface area contributed by atoms with Crippen LogP contribution in [0.2, 0.25) is 0 Å². The van der Waals surface area contributed by atoms with Crippen molar-refractivity contribution in [3.8, 4) is 0 Å². The molecule has 0 aromatic heterocycles. The van der Waals surface area contributed by atoms with Crippen molar-refractivity contribution in [3.05, 3.63) is 66.2 Å². The quantitative estimate of drug-likeness (QED) is 0.715. The molecule has 3 aromatic rings. The van der Waals surface area contributed by atoms with Crippen molar-refractivity contribution in [2.75, 3.05) is 6.54 Å². The lowest BCUT2D eigenvalue weighted by molar-refractivity contribution is -0.118. The second-order valence-electron chi connectivity index (χ2n) is 5.07. The summed E-state index contributed by atoms with van der Waals surface area (Å²) in [7, 11) is 0. The van der Waals surface area contributed by atoms with Crippen molar-refractivity contribution in [1.82, 2.24) is 5.32 Å². The molecule has 0 aliphatic heterocycles. The number of carbonyl (C=O) groups is 1. The second-order valence-corrected chi connectivity index (χ2v) is 5.07. The van der Waals surface area contributed by atoms with Crippen LogP contribution in [0, 0.1) is 0 Å². The number of nitrogens with one attached hydrogen (secondary N) is 1. The summed E-state index contributed by atoms with van der Waals surface area (Å²) >= 11 is 0. The predicted octanol–water partition coefficient (Wildman–Crippen LogP) is 4.14. The standard InChI is InChI=1S/C19H17NO/c1-14(21)20-12-6-11-19-17-9-4-2-7-15(17)13-16-8-3-5-10-18(16)19/h2-11,13H,12H2,1H3,(H,20,21). The molecular weight excluding hydrogens is 258 g/mol. The number of amides is 1. The topological polar surface area (TPSA) is 29.1 Å². The number of hydrogen-bond acceptors (Lipinski definition) is 1. The molecule has 1 N–H and O–H groups in total. The van der Waals surface area contributed by atoms with Gasteiger partial charge in [-0.25, -0.2) is 0 Å². The van der Waals surface area contributed by atoms with Gasteiger partial charge in [-0.05, 0) is 33.2 Å². The molecule has 0 radical (unpaired) electrons. The van der Waals surface area contributed by atoms with Crippen molar-refractivity contribution in [3.63, 3.8) is 0 Å². The van der Waals surface area contributed by atoms with E-state index in [-0.39, 0.29) is 5.91 Å². The third-order valence-electron chi connectivity index (χ3n) is 3.57. The maximum atomic E-state index is 10.9. The van der Waals surface area contributed by atoms with Crippen LogP contribution in [0.3, 0.4) is 0 Å². The van der Waals surface area contributed by atoms with Crippen LogP contribution in [0.4, 0.5) is 0 Å². The van der Waals surface area contributed by atoms with Gasteiger partial charge in [0.05, 0.1) is 0 Å². The maximum absolute atomic E-state index is 10.9. The SMILES string of the molecule is CC(=O)NCC=Cc1c2ccccc2cc2ccccc12. The molecule has 3 rings (SSSR count). The number of hydrogen-bond donors (Lipinski definition) is 1. The van der Waals surface area contributed by atoms with Gasteiger partial charge in [0.2, 0.25) is 5.91 Å². The zero-order valence-electron chi connectivity index (χ0n) is 12.0. The summed E-state index contributed by atoms with van der Waals surface area (Å²) in [4.78, 5) is 10.9. The second kappa shape index (κ2) is 5.80. The van der Waals surface area contributed by atoms with Crippen LogP contribution in [0.25, 0.3) is 27.6 Å². The summed E-state index contributed by atoms with van der Waals surface area (Å²) in [6.45, 7) is 2.08. The minimum absolute atomic E-state index is 0.0116. The van der Waals surface area contributed by atoms with Crippen LogP contribution in [0.15, 0.2) is 60.7 Å². The molecule has 0 atom stereocenters. The largest absolute Gasteiger partial charge is 0.353 e. The van der Waals surface area contributed by atoms with E-state index in [0.717, 1.165) is 0 Å². The Labute approximate surface area is 124 Å². The number of benzene rings is 3. The molecule has 0 bridgehead atoms. The van der Waals surface area contributed by atoms with Crippen LogP contribution >= 0.6 is 0 Å². The summed E-state index contributed by atoms with van der Waals surface area (Å²) < 4.78 is 0. The Morgan fingerprint density at radius 1 is 1.00 bits per heavy atom. The van der Waals surface area contributed by atoms with Gasteiger partial charge in [0.25, 0.3) is 0 Å².